The molecule has 0 aliphatic rings. The van der Waals surface area contributed by atoms with Crippen molar-refractivity contribution in [1.29, 1.82) is 0 Å². The van der Waals surface area contributed by atoms with E-state index in [1.807, 2.05) is 19.1 Å². The predicted molar refractivity (Wildman–Crippen MR) is 80.7 cm³/mol. The Hall–Kier alpha value is -1.84. The van der Waals surface area contributed by atoms with E-state index in [0.717, 1.165) is 18.4 Å². The first-order chi connectivity index (χ1) is 9.63. The van der Waals surface area contributed by atoms with E-state index in [0.29, 0.717) is 12.1 Å². The lowest BCUT2D eigenvalue weighted by Gasteiger charge is -2.07. The van der Waals surface area contributed by atoms with E-state index in [-0.39, 0.29) is 18.4 Å². The molecule has 0 unspecified atom stereocenters. The Bertz CT molecular complexity index is 444. The molecule has 0 bridgehead atoms. The molecule has 2 amide bonds. The van der Waals surface area contributed by atoms with Gasteiger partial charge in [-0.25, -0.2) is 0 Å². The second-order valence-electron chi connectivity index (χ2n) is 4.96. The zero-order valence-corrected chi connectivity index (χ0v) is 12.4. The Morgan fingerprint density at radius 1 is 1.10 bits per heavy atom. The van der Waals surface area contributed by atoms with Crippen molar-refractivity contribution < 1.29 is 9.59 Å². The van der Waals surface area contributed by atoms with Crippen LogP contribution in [-0.2, 0) is 4.79 Å². The van der Waals surface area contributed by atoms with Gasteiger partial charge in [-0.15, -0.1) is 0 Å². The summed E-state index contributed by atoms with van der Waals surface area (Å²) in [6.45, 7) is 4.79. The lowest BCUT2D eigenvalue weighted by Crippen LogP contribution is -2.37. The Morgan fingerprint density at radius 3 is 2.60 bits per heavy atom. The third kappa shape index (κ3) is 6.36. The van der Waals surface area contributed by atoms with Crippen LogP contribution in [0.2, 0.25) is 0 Å². The van der Waals surface area contributed by atoms with Crippen molar-refractivity contribution in [3.05, 3.63) is 35.4 Å². The molecule has 0 radical (unpaired) electrons. The molecule has 0 saturated heterocycles. The first-order valence-electron chi connectivity index (χ1n) is 7.25. The van der Waals surface area contributed by atoms with Gasteiger partial charge in [-0.05, 0) is 25.5 Å². The highest BCUT2D eigenvalue weighted by molar-refractivity contribution is 5.96. The van der Waals surface area contributed by atoms with Crippen molar-refractivity contribution in [2.45, 2.75) is 39.5 Å². The molecule has 4 nitrogen and oxygen atoms in total. The van der Waals surface area contributed by atoms with Crippen molar-refractivity contribution in [2.24, 2.45) is 0 Å². The Morgan fingerprint density at radius 2 is 1.90 bits per heavy atom. The lowest BCUT2D eigenvalue weighted by atomic mass is 10.1. The van der Waals surface area contributed by atoms with Gasteiger partial charge in [0.15, 0.2) is 0 Å². The minimum atomic E-state index is -0.213. The largest absolute Gasteiger partial charge is 0.355 e. The molecule has 110 valence electrons. The van der Waals surface area contributed by atoms with Crippen molar-refractivity contribution in [3.8, 4) is 0 Å². The maximum Gasteiger partial charge on any atom is 0.251 e. The molecule has 4 heteroatoms. The monoisotopic (exact) mass is 276 g/mol. The fourth-order valence-corrected chi connectivity index (χ4v) is 1.89. The van der Waals surface area contributed by atoms with Crippen molar-refractivity contribution >= 4 is 11.8 Å². The number of unbranched alkanes of at least 4 members (excludes halogenated alkanes) is 3. The summed E-state index contributed by atoms with van der Waals surface area (Å²) >= 11 is 0. The Kier molecular flexibility index (Phi) is 7.40. The molecule has 0 fully saturated rings. The topological polar surface area (TPSA) is 58.2 Å². The van der Waals surface area contributed by atoms with Crippen molar-refractivity contribution in [3.63, 3.8) is 0 Å². The summed E-state index contributed by atoms with van der Waals surface area (Å²) in [6.07, 6.45) is 4.50. The van der Waals surface area contributed by atoms with Gasteiger partial charge >= 0.3 is 0 Å². The summed E-state index contributed by atoms with van der Waals surface area (Å²) in [6, 6.07) is 7.31. The summed E-state index contributed by atoms with van der Waals surface area (Å²) in [5, 5.41) is 5.43. The van der Waals surface area contributed by atoms with E-state index < -0.39 is 0 Å². The average Bonchev–Trinajstić information content (AvgIpc) is 2.44. The molecule has 0 aliphatic carbocycles. The van der Waals surface area contributed by atoms with Crippen LogP contribution in [0.25, 0.3) is 0 Å². The maximum atomic E-state index is 11.8. The molecule has 0 heterocycles. The van der Waals surface area contributed by atoms with E-state index >= 15 is 0 Å². The third-order valence-electron chi connectivity index (χ3n) is 3.04. The molecule has 0 saturated carbocycles. The Labute approximate surface area is 121 Å². The quantitative estimate of drug-likeness (QED) is 0.716. The van der Waals surface area contributed by atoms with E-state index in [4.69, 9.17) is 0 Å². The van der Waals surface area contributed by atoms with Gasteiger partial charge in [0.05, 0.1) is 6.54 Å². The molecule has 0 aromatic heterocycles. The van der Waals surface area contributed by atoms with Crippen LogP contribution in [-0.4, -0.2) is 24.9 Å². The van der Waals surface area contributed by atoms with Gasteiger partial charge in [0.1, 0.15) is 0 Å². The van der Waals surface area contributed by atoms with Crippen LogP contribution in [0.3, 0.4) is 0 Å². The maximum absolute atomic E-state index is 11.8. The van der Waals surface area contributed by atoms with Crippen molar-refractivity contribution in [1.82, 2.24) is 10.6 Å². The van der Waals surface area contributed by atoms with Crippen LogP contribution in [0, 0.1) is 6.92 Å². The minimum absolute atomic E-state index is 0.0283. The number of hydrogen-bond donors (Lipinski definition) is 2. The average molecular weight is 276 g/mol. The Balaban J connectivity index is 2.22. The normalized spacial score (nSPS) is 10.1. The summed E-state index contributed by atoms with van der Waals surface area (Å²) < 4.78 is 0. The molecule has 0 atom stereocenters. The molecule has 1 rings (SSSR count). The molecule has 0 spiro atoms. The van der Waals surface area contributed by atoms with Crippen LogP contribution in [0.5, 0.6) is 0 Å². The molecule has 1 aromatic carbocycles. The SMILES string of the molecule is CCCCCCNC(=O)CNC(=O)c1cccc(C)c1. The van der Waals surface area contributed by atoms with Gasteiger partial charge in [0.25, 0.3) is 5.91 Å². The van der Waals surface area contributed by atoms with Crippen LogP contribution in [0.1, 0.15) is 48.5 Å². The van der Waals surface area contributed by atoms with E-state index in [9.17, 15) is 9.59 Å². The van der Waals surface area contributed by atoms with Gasteiger partial charge < -0.3 is 10.6 Å². The minimum Gasteiger partial charge on any atom is -0.355 e. The number of amides is 2. The highest BCUT2D eigenvalue weighted by Gasteiger charge is 2.07. The number of hydrogen-bond acceptors (Lipinski definition) is 2. The fraction of sp³-hybridized carbons (Fsp3) is 0.500. The second-order valence-corrected chi connectivity index (χ2v) is 4.96. The number of carbonyl (C=O) groups is 2. The molecular formula is C16H24N2O2. The zero-order valence-electron chi connectivity index (χ0n) is 12.4. The number of nitrogens with one attached hydrogen (secondary N) is 2. The third-order valence-corrected chi connectivity index (χ3v) is 3.04. The fourth-order valence-electron chi connectivity index (χ4n) is 1.89. The summed E-state index contributed by atoms with van der Waals surface area (Å²) in [4.78, 5) is 23.4. The van der Waals surface area contributed by atoms with Crippen LogP contribution >= 0.6 is 0 Å². The van der Waals surface area contributed by atoms with Gasteiger partial charge in [-0.2, -0.15) is 0 Å². The molecule has 2 N–H and O–H groups in total. The highest BCUT2D eigenvalue weighted by atomic mass is 16.2. The first-order valence-corrected chi connectivity index (χ1v) is 7.25. The van der Waals surface area contributed by atoms with Crippen LogP contribution in [0.15, 0.2) is 24.3 Å². The van der Waals surface area contributed by atoms with E-state index in [1.54, 1.807) is 12.1 Å². The van der Waals surface area contributed by atoms with Gasteiger partial charge in [-0.1, -0.05) is 43.9 Å². The molecule has 20 heavy (non-hydrogen) atoms. The van der Waals surface area contributed by atoms with E-state index in [1.165, 1.54) is 12.8 Å². The van der Waals surface area contributed by atoms with Gasteiger partial charge in [0, 0.05) is 12.1 Å². The number of benzene rings is 1. The molecular weight excluding hydrogens is 252 g/mol. The molecule has 0 aliphatic heterocycles. The smallest absolute Gasteiger partial charge is 0.251 e. The number of aryl methyl sites for hydroxylation is 1. The highest BCUT2D eigenvalue weighted by Crippen LogP contribution is 2.03. The number of carbonyl (C=O) groups excluding carboxylic acids is 2. The summed E-state index contributed by atoms with van der Waals surface area (Å²) in [7, 11) is 0. The van der Waals surface area contributed by atoms with Gasteiger partial charge in [-0.3, -0.25) is 9.59 Å². The molecule has 1 aromatic rings. The van der Waals surface area contributed by atoms with Crippen LogP contribution in [0.4, 0.5) is 0 Å². The number of rotatable bonds is 8. The van der Waals surface area contributed by atoms with Gasteiger partial charge in [0.2, 0.25) is 5.91 Å². The van der Waals surface area contributed by atoms with Crippen LogP contribution < -0.4 is 10.6 Å². The van der Waals surface area contributed by atoms with Crippen molar-refractivity contribution in [2.75, 3.05) is 13.1 Å². The van der Waals surface area contributed by atoms with E-state index in [2.05, 4.69) is 17.6 Å². The predicted octanol–water partition coefficient (Wildman–Crippen LogP) is 2.42. The zero-order chi connectivity index (χ0) is 14.8. The standard InChI is InChI=1S/C16H24N2O2/c1-3-4-5-6-10-17-15(19)12-18-16(20)14-9-7-8-13(2)11-14/h7-9,11H,3-6,10,12H2,1-2H3,(H,17,19)(H,18,20). The second kappa shape index (κ2) is 9.13. The summed E-state index contributed by atoms with van der Waals surface area (Å²) in [5.41, 5.74) is 1.61. The first kappa shape index (κ1) is 16.2. The lowest BCUT2D eigenvalue weighted by molar-refractivity contribution is -0.120. The summed E-state index contributed by atoms with van der Waals surface area (Å²) in [5.74, 6) is -0.350.